The SMILES string of the molecule is COCc1cccc(OC)c1CC(C)N. The van der Waals surface area contributed by atoms with Crippen molar-refractivity contribution in [2.24, 2.45) is 5.73 Å². The first-order chi connectivity index (χ1) is 7.19. The standard InChI is InChI=1S/C12H19NO2/c1-9(13)7-11-10(8-14-2)5-4-6-12(11)15-3/h4-6,9H,7-8,13H2,1-3H3. The summed E-state index contributed by atoms with van der Waals surface area (Å²) < 4.78 is 10.5. The van der Waals surface area contributed by atoms with Crippen molar-refractivity contribution < 1.29 is 9.47 Å². The monoisotopic (exact) mass is 209 g/mol. The van der Waals surface area contributed by atoms with Gasteiger partial charge in [0.2, 0.25) is 0 Å². The summed E-state index contributed by atoms with van der Waals surface area (Å²) in [5.41, 5.74) is 8.11. The second-order valence-corrected chi connectivity index (χ2v) is 3.71. The van der Waals surface area contributed by atoms with Crippen molar-refractivity contribution in [3.05, 3.63) is 29.3 Å². The molecular weight excluding hydrogens is 190 g/mol. The lowest BCUT2D eigenvalue weighted by atomic mass is 10.0. The molecular formula is C12H19NO2. The lowest BCUT2D eigenvalue weighted by Gasteiger charge is -2.15. The summed E-state index contributed by atoms with van der Waals surface area (Å²) in [5, 5.41) is 0. The van der Waals surface area contributed by atoms with Crippen molar-refractivity contribution >= 4 is 0 Å². The average molecular weight is 209 g/mol. The smallest absolute Gasteiger partial charge is 0.122 e. The highest BCUT2D eigenvalue weighted by Crippen LogP contribution is 2.24. The van der Waals surface area contributed by atoms with E-state index < -0.39 is 0 Å². The van der Waals surface area contributed by atoms with E-state index in [2.05, 4.69) is 0 Å². The lowest BCUT2D eigenvalue weighted by molar-refractivity contribution is 0.183. The van der Waals surface area contributed by atoms with Gasteiger partial charge in [0.05, 0.1) is 13.7 Å². The number of hydrogen-bond donors (Lipinski definition) is 1. The minimum atomic E-state index is 0.122. The van der Waals surface area contributed by atoms with E-state index in [1.54, 1.807) is 14.2 Å². The molecule has 1 unspecified atom stereocenters. The molecule has 0 spiro atoms. The third-order valence-corrected chi connectivity index (χ3v) is 2.28. The largest absolute Gasteiger partial charge is 0.496 e. The number of benzene rings is 1. The third-order valence-electron chi connectivity index (χ3n) is 2.28. The molecule has 0 amide bonds. The van der Waals surface area contributed by atoms with Gasteiger partial charge in [-0.2, -0.15) is 0 Å². The molecule has 1 atom stereocenters. The molecule has 0 aliphatic heterocycles. The molecule has 0 saturated heterocycles. The fourth-order valence-corrected chi connectivity index (χ4v) is 1.65. The Balaban J connectivity index is 3.02. The van der Waals surface area contributed by atoms with Gasteiger partial charge in [-0.25, -0.2) is 0 Å². The highest BCUT2D eigenvalue weighted by molar-refractivity contribution is 5.40. The molecule has 0 aliphatic rings. The first-order valence-electron chi connectivity index (χ1n) is 5.08. The van der Waals surface area contributed by atoms with Gasteiger partial charge >= 0.3 is 0 Å². The Kier molecular flexibility index (Phi) is 4.59. The van der Waals surface area contributed by atoms with E-state index in [1.165, 1.54) is 0 Å². The molecule has 2 N–H and O–H groups in total. The molecule has 15 heavy (non-hydrogen) atoms. The topological polar surface area (TPSA) is 44.5 Å². The molecule has 3 nitrogen and oxygen atoms in total. The highest BCUT2D eigenvalue weighted by atomic mass is 16.5. The van der Waals surface area contributed by atoms with Crippen molar-refractivity contribution in [3.8, 4) is 5.75 Å². The van der Waals surface area contributed by atoms with Crippen LogP contribution in [0.25, 0.3) is 0 Å². The predicted molar refractivity (Wildman–Crippen MR) is 61.1 cm³/mol. The van der Waals surface area contributed by atoms with Crippen LogP contribution in [0.15, 0.2) is 18.2 Å². The second-order valence-electron chi connectivity index (χ2n) is 3.71. The first-order valence-corrected chi connectivity index (χ1v) is 5.08. The maximum absolute atomic E-state index is 5.82. The Morgan fingerprint density at radius 3 is 2.60 bits per heavy atom. The van der Waals surface area contributed by atoms with Crippen LogP contribution >= 0.6 is 0 Å². The second kappa shape index (κ2) is 5.73. The van der Waals surface area contributed by atoms with Crippen LogP contribution in [0, 0.1) is 0 Å². The van der Waals surface area contributed by atoms with Crippen LogP contribution in [-0.4, -0.2) is 20.3 Å². The number of nitrogens with two attached hydrogens (primary N) is 1. The Labute approximate surface area is 91.2 Å². The molecule has 0 radical (unpaired) electrons. The molecule has 1 rings (SSSR count). The molecule has 1 aromatic rings. The number of rotatable bonds is 5. The zero-order chi connectivity index (χ0) is 11.3. The molecule has 0 bridgehead atoms. The molecule has 0 aromatic heterocycles. The molecule has 3 heteroatoms. The summed E-state index contributed by atoms with van der Waals surface area (Å²) in [6, 6.07) is 6.09. The van der Waals surface area contributed by atoms with Crippen molar-refractivity contribution in [1.29, 1.82) is 0 Å². The summed E-state index contributed by atoms with van der Waals surface area (Å²) in [7, 11) is 3.37. The van der Waals surface area contributed by atoms with E-state index in [1.807, 2.05) is 25.1 Å². The summed E-state index contributed by atoms with van der Waals surface area (Å²) in [6.45, 7) is 2.59. The van der Waals surface area contributed by atoms with Gasteiger partial charge in [-0.05, 0) is 25.0 Å². The van der Waals surface area contributed by atoms with E-state index in [9.17, 15) is 0 Å². The predicted octanol–water partition coefficient (Wildman–Crippen LogP) is 1.73. The van der Waals surface area contributed by atoms with Gasteiger partial charge in [0.25, 0.3) is 0 Å². The van der Waals surface area contributed by atoms with Crippen molar-refractivity contribution in [2.45, 2.75) is 26.0 Å². The van der Waals surface area contributed by atoms with Gasteiger partial charge in [0.15, 0.2) is 0 Å². The normalized spacial score (nSPS) is 12.5. The average Bonchev–Trinajstić information content (AvgIpc) is 2.20. The van der Waals surface area contributed by atoms with E-state index in [4.69, 9.17) is 15.2 Å². The number of ether oxygens (including phenoxy) is 2. The fourth-order valence-electron chi connectivity index (χ4n) is 1.65. The Bertz CT molecular complexity index is 310. The number of hydrogen-bond acceptors (Lipinski definition) is 3. The molecule has 0 heterocycles. The van der Waals surface area contributed by atoms with Gasteiger partial charge in [0, 0.05) is 18.7 Å². The van der Waals surface area contributed by atoms with Crippen LogP contribution in [-0.2, 0) is 17.8 Å². The van der Waals surface area contributed by atoms with Gasteiger partial charge in [-0.3, -0.25) is 0 Å². The quantitative estimate of drug-likeness (QED) is 0.803. The third kappa shape index (κ3) is 3.22. The van der Waals surface area contributed by atoms with Crippen molar-refractivity contribution in [1.82, 2.24) is 0 Å². The summed E-state index contributed by atoms with van der Waals surface area (Å²) >= 11 is 0. The molecule has 0 fully saturated rings. The van der Waals surface area contributed by atoms with Crippen LogP contribution < -0.4 is 10.5 Å². The zero-order valence-corrected chi connectivity index (χ0v) is 9.62. The van der Waals surface area contributed by atoms with Gasteiger partial charge in [0.1, 0.15) is 5.75 Å². The fraction of sp³-hybridized carbons (Fsp3) is 0.500. The Hall–Kier alpha value is -1.06. The van der Waals surface area contributed by atoms with E-state index in [0.29, 0.717) is 6.61 Å². The number of methoxy groups -OCH3 is 2. The summed E-state index contributed by atoms with van der Waals surface area (Å²) in [5.74, 6) is 0.891. The van der Waals surface area contributed by atoms with Crippen LogP contribution in [0.1, 0.15) is 18.1 Å². The maximum atomic E-state index is 5.82. The van der Waals surface area contributed by atoms with E-state index in [-0.39, 0.29) is 6.04 Å². The van der Waals surface area contributed by atoms with Crippen molar-refractivity contribution in [2.75, 3.05) is 14.2 Å². The Morgan fingerprint density at radius 2 is 2.07 bits per heavy atom. The minimum absolute atomic E-state index is 0.122. The highest BCUT2D eigenvalue weighted by Gasteiger charge is 2.10. The summed E-state index contributed by atoms with van der Waals surface area (Å²) in [6.07, 6.45) is 0.808. The van der Waals surface area contributed by atoms with E-state index >= 15 is 0 Å². The maximum Gasteiger partial charge on any atom is 0.122 e. The lowest BCUT2D eigenvalue weighted by Crippen LogP contribution is -2.19. The van der Waals surface area contributed by atoms with Gasteiger partial charge in [-0.15, -0.1) is 0 Å². The molecule has 84 valence electrons. The summed E-state index contributed by atoms with van der Waals surface area (Å²) in [4.78, 5) is 0. The molecule has 1 aromatic carbocycles. The van der Waals surface area contributed by atoms with Crippen LogP contribution in [0.4, 0.5) is 0 Å². The molecule has 0 aliphatic carbocycles. The van der Waals surface area contributed by atoms with Crippen LogP contribution in [0.5, 0.6) is 5.75 Å². The molecule has 0 saturated carbocycles. The van der Waals surface area contributed by atoms with Crippen molar-refractivity contribution in [3.63, 3.8) is 0 Å². The van der Waals surface area contributed by atoms with E-state index in [0.717, 1.165) is 23.3 Å². The van der Waals surface area contributed by atoms with Gasteiger partial charge in [-0.1, -0.05) is 12.1 Å². The van der Waals surface area contributed by atoms with Crippen LogP contribution in [0.2, 0.25) is 0 Å². The minimum Gasteiger partial charge on any atom is -0.496 e. The first kappa shape index (κ1) is 12.0. The van der Waals surface area contributed by atoms with Crippen LogP contribution in [0.3, 0.4) is 0 Å². The van der Waals surface area contributed by atoms with Gasteiger partial charge < -0.3 is 15.2 Å². The Morgan fingerprint density at radius 1 is 1.33 bits per heavy atom. The zero-order valence-electron chi connectivity index (χ0n) is 9.62.